The highest BCUT2D eigenvalue weighted by Gasteiger charge is 2.12. The van der Waals surface area contributed by atoms with Crippen molar-refractivity contribution in [2.75, 3.05) is 19.0 Å². The Labute approximate surface area is 161 Å². The van der Waals surface area contributed by atoms with Gasteiger partial charge in [-0.2, -0.15) is 5.26 Å². The maximum atomic E-state index is 12.3. The Kier molecular flexibility index (Phi) is 7.24. The third-order valence-corrected chi connectivity index (χ3v) is 4.21. The summed E-state index contributed by atoms with van der Waals surface area (Å²) in [7, 11) is 1.53. The molecule has 0 aliphatic heterocycles. The van der Waals surface area contributed by atoms with E-state index in [9.17, 15) is 10.1 Å². The Bertz CT molecular complexity index is 839. The number of nitrogens with zero attached hydrogens (tertiary/aromatic N) is 1. The number of hydrogen-bond acceptors (Lipinski definition) is 4. The van der Waals surface area contributed by atoms with Gasteiger partial charge in [-0.25, -0.2) is 0 Å². The molecule has 134 valence electrons. The molecule has 0 aliphatic carbocycles. The lowest BCUT2D eigenvalue weighted by Gasteiger charge is -2.10. The molecule has 26 heavy (non-hydrogen) atoms. The summed E-state index contributed by atoms with van der Waals surface area (Å²) in [4.78, 5) is 12.3. The summed E-state index contributed by atoms with van der Waals surface area (Å²) in [5, 5.41) is 15.0. The van der Waals surface area contributed by atoms with Crippen LogP contribution in [0.25, 0.3) is 0 Å². The minimum absolute atomic E-state index is 0.00404. The molecular formula is C20H20BrN3O2. The zero-order valence-corrected chi connectivity index (χ0v) is 16.3. The fraction of sp³-hybridized carbons (Fsp3) is 0.200. The number of nitrogens with one attached hydrogen (secondary N) is 2. The lowest BCUT2D eigenvalue weighted by Crippen LogP contribution is -2.18. The van der Waals surface area contributed by atoms with Crippen molar-refractivity contribution < 1.29 is 9.53 Å². The van der Waals surface area contributed by atoms with Crippen LogP contribution in [-0.2, 0) is 11.2 Å². The number of anilines is 1. The smallest absolute Gasteiger partial charge is 0.267 e. The molecule has 0 fully saturated rings. The van der Waals surface area contributed by atoms with Gasteiger partial charge in [-0.15, -0.1) is 0 Å². The highest BCUT2D eigenvalue weighted by molar-refractivity contribution is 9.10. The molecule has 0 heterocycles. The third kappa shape index (κ3) is 5.64. The molecule has 0 saturated carbocycles. The molecule has 0 unspecified atom stereocenters. The highest BCUT2D eigenvalue weighted by atomic mass is 79.9. The van der Waals surface area contributed by atoms with Gasteiger partial charge in [0.25, 0.3) is 5.91 Å². The first kappa shape index (κ1) is 19.5. The van der Waals surface area contributed by atoms with Crippen molar-refractivity contribution in [1.82, 2.24) is 5.32 Å². The van der Waals surface area contributed by atoms with E-state index in [-0.39, 0.29) is 5.57 Å². The van der Waals surface area contributed by atoms with E-state index in [1.165, 1.54) is 18.9 Å². The van der Waals surface area contributed by atoms with Gasteiger partial charge in [0, 0.05) is 17.2 Å². The van der Waals surface area contributed by atoms with Crippen LogP contribution in [0.4, 0.5) is 5.69 Å². The van der Waals surface area contributed by atoms with E-state index >= 15 is 0 Å². The fourth-order valence-corrected chi connectivity index (χ4v) is 2.56. The van der Waals surface area contributed by atoms with Crippen molar-refractivity contribution in [1.29, 1.82) is 5.26 Å². The summed E-state index contributed by atoms with van der Waals surface area (Å²) < 4.78 is 6.27. The van der Waals surface area contributed by atoms with E-state index < -0.39 is 5.91 Å². The standard InChI is InChI=1S/C20H20BrN3O2/c1-14-3-8-19(26-2)18(11-14)24-20(25)16(12-22)13-23-10-9-15-4-6-17(21)7-5-15/h3-8,11,13,23H,9-10H2,1-2H3,(H,24,25)/b16-13-. The average molecular weight is 414 g/mol. The van der Waals surface area contributed by atoms with Gasteiger partial charge in [0.15, 0.2) is 0 Å². The van der Waals surface area contributed by atoms with Crippen LogP contribution in [0.15, 0.2) is 58.7 Å². The van der Waals surface area contributed by atoms with Crippen molar-refractivity contribution >= 4 is 27.5 Å². The van der Waals surface area contributed by atoms with E-state index in [1.54, 1.807) is 12.1 Å². The number of carbonyl (C=O) groups excluding carboxylic acids is 1. The van der Waals surface area contributed by atoms with E-state index in [0.717, 1.165) is 16.5 Å². The van der Waals surface area contributed by atoms with Gasteiger partial charge < -0.3 is 15.4 Å². The molecule has 2 rings (SSSR count). The predicted octanol–water partition coefficient (Wildman–Crippen LogP) is 3.94. The van der Waals surface area contributed by atoms with E-state index in [1.807, 2.05) is 43.3 Å². The highest BCUT2D eigenvalue weighted by Crippen LogP contribution is 2.25. The van der Waals surface area contributed by atoms with Gasteiger partial charge in [-0.3, -0.25) is 4.79 Å². The predicted molar refractivity (Wildman–Crippen MR) is 106 cm³/mol. The number of hydrogen-bond donors (Lipinski definition) is 2. The Morgan fingerprint density at radius 3 is 2.65 bits per heavy atom. The second kappa shape index (κ2) is 9.64. The van der Waals surface area contributed by atoms with Crippen molar-refractivity contribution in [2.45, 2.75) is 13.3 Å². The van der Waals surface area contributed by atoms with Gasteiger partial charge in [0.2, 0.25) is 0 Å². The van der Waals surface area contributed by atoms with Crippen LogP contribution in [0.5, 0.6) is 5.75 Å². The molecule has 0 aromatic heterocycles. The number of halogens is 1. The molecule has 0 bridgehead atoms. The second-order valence-electron chi connectivity index (χ2n) is 5.66. The molecule has 2 aromatic carbocycles. The summed E-state index contributed by atoms with van der Waals surface area (Å²) in [6.45, 7) is 2.54. The molecule has 2 N–H and O–H groups in total. The van der Waals surface area contributed by atoms with Crippen molar-refractivity contribution in [3.63, 3.8) is 0 Å². The Hall–Kier alpha value is -2.78. The summed E-state index contributed by atoms with van der Waals surface area (Å²) in [6, 6.07) is 15.4. The van der Waals surface area contributed by atoms with Crippen molar-refractivity contribution in [3.05, 3.63) is 69.8 Å². The van der Waals surface area contributed by atoms with Gasteiger partial charge in [-0.1, -0.05) is 34.1 Å². The van der Waals surface area contributed by atoms with Crippen molar-refractivity contribution in [3.8, 4) is 11.8 Å². The van der Waals surface area contributed by atoms with Gasteiger partial charge >= 0.3 is 0 Å². The number of ether oxygens (including phenoxy) is 1. The number of nitriles is 1. The van der Waals surface area contributed by atoms with Crippen LogP contribution in [0.3, 0.4) is 0 Å². The summed E-state index contributed by atoms with van der Waals surface area (Å²) in [5.74, 6) is 0.0666. The maximum Gasteiger partial charge on any atom is 0.267 e. The number of benzene rings is 2. The molecule has 0 radical (unpaired) electrons. The lowest BCUT2D eigenvalue weighted by molar-refractivity contribution is -0.112. The molecule has 6 heteroatoms. The molecule has 0 atom stereocenters. The zero-order chi connectivity index (χ0) is 18.9. The maximum absolute atomic E-state index is 12.3. The first-order valence-electron chi connectivity index (χ1n) is 8.07. The Morgan fingerprint density at radius 1 is 1.27 bits per heavy atom. The van der Waals surface area contributed by atoms with Crippen LogP contribution < -0.4 is 15.4 Å². The van der Waals surface area contributed by atoms with Crippen LogP contribution >= 0.6 is 15.9 Å². The minimum atomic E-state index is -0.479. The monoisotopic (exact) mass is 413 g/mol. The summed E-state index contributed by atoms with van der Waals surface area (Å²) in [6.07, 6.45) is 2.23. The Balaban J connectivity index is 1.95. The molecule has 2 aromatic rings. The van der Waals surface area contributed by atoms with Crippen LogP contribution in [0.2, 0.25) is 0 Å². The summed E-state index contributed by atoms with van der Waals surface area (Å²) >= 11 is 3.40. The zero-order valence-electron chi connectivity index (χ0n) is 14.7. The molecule has 0 saturated heterocycles. The third-order valence-electron chi connectivity index (χ3n) is 3.69. The molecule has 0 spiro atoms. The minimum Gasteiger partial charge on any atom is -0.495 e. The average Bonchev–Trinajstić information content (AvgIpc) is 2.63. The lowest BCUT2D eigenvalue weighted by atomic mass is 10.1. The first-order valence-corrected chi connectivity index (χ1v) is 8.87. The van der Waals surface area contributed by atoms with Gasteiger partial charge in [0.1, 0.15) is 17.4 Å². The van der Waals surface area contributed by atoms with Crippen molar-refractivity contribution in [2.24, 2.45) is 0 Å². The first-order chi connectivity index (χ1) is 12.5. The normalized spacial score (nSPS) is 10.8. The number of amides is 1. The molecule has 5 nitrogen and oxygen atoms in total. The SMILES string of the molecule is COc1ccc(C)cc1NC(=O)/C(C#N)=C\NCCc1ccc(Br)cc1. The van der Waals surface area contributed by atoms with Crippen LogP contribution in [0, 0.1) is 18.3 Å². The second-order valence-corrected chi connectivity index (χ2v) is 6.57. The Morgan fingerprint density at radius 2 is 2.00 bits per heavy atom. The van der Waals surface area contributed by atoms with E-state index in [4.69, 9.17) is 4.74 Å². The molecular weight excluding hydrogens is 394 g/mol. The number of carbonyl (C=O) groups is 1. The van der Waals surface area contributed by atoms with Gasteiger partial charge in [-0.05, 0) is 48.7 Å². The number of aryl methyl sites for hydroxylation is 1. The fourth-order valence-electron chi connectivity index (χ4n) is 2.30. The van der Waals surface area contributed by atoms with Crippen LogP contribution in [-0.4, -0.2) is 19.6 Å². The van der Waals surface area contributed by atoms with E-state index in [0.29, 0.717) is 18.0 Å². The number of rotatable bonds is 7. The van der Waals surface area contributed by atoms with E-state index in [2.05, 4.69) is 26.6 Å². The quantitative estimate of drug-likeness (QED) is 0.409. The topological polar surface area (TPSA) is 74.1 Å². The summed E-state index contributed by atoms with van der Waals surface area (Å²) in [5.41, 5.74) is 2.69. The van der Waals surface area contributed by atoms with Crippen LogP contribution in [0.1, 0.15) is 11.1 Å². The molecule has 1 amide bonds. The molecule has 0 aliphatic rings. The van der Waals surface area contributed by atoms with Gasteiger partial charge in [0.05, 0.1) is 12.8 Å². The number of methoxy groups -OCH3 is 1. The largest absolute Gasteiger partial charge is 0.495 e.